The Morgan fingerprint density at radius 3 is 2.35 bits per heavy atom. The van der Waals surface area contributed by atoms with Crippen LogP contribution in [-0.2, 0) is 22.6 Å². The van der Waals surface area contributed by atoms with Crippen LogP contribution < -0.4 is 5.56 Å². The van der Waals surface area contributed by atoms with E-state index in [-0.39, 0.29) is 23.0 Å². The molecule has 140 valence electrons. The molecule has 0 saturated heterocycles. The second-order valence-corrected chi connectivity index (χ2v) is 8.93. The number of pyridine rings is 1. The Balaban J connectivity index is 2.64. The number of carbonyl (C=O) groups is 1. The number of sulfone groups is 1. The van der Waals surface area contributed by atoms with Crippen LogP contribution in [0.3, 0.4) is 0 Å². The van der Waals surface area contributed by atoms with Gasteiger partial charge in [-0.3, -0.25) is 9.59 Å². The molecule has 1 aromatic heterocycles. The lowest BCUT2D eigenvalue weighted by atomic mass is 9.99. The predicted octanol–water partition coefficient (Wildman–Crippen LogP) is 2.00. The summed E-state index contributed by atoms with van der Waals surface area (Å²) in [5.41, 5.74) is 2.92. The summed E-state index contributed by atoms with van der Waals surface area (Å²) in [4.78, 5) is 25.7. The molecule has 0 atom stereocenters. The van der Waals surface area contributed by atoms with Gasteiger partial charge >= 0.3 is 0 Å². The van der Waals surface area contributed by atoms with E-state index < -0.39 is 9.84 Å². The van der Waals surface area contributed by atoms with Gasteiger partial charge in [0.1, 0.15) is 0 Å². The SMILES string of the molecule is CCS(=O)(=O)Cc1cc(-c2cc(C)c(=O)n(C)c2)ccc1C(=O)N(C)C. The van der Waals surface area contributed by atoms with Crippen molar-refractivity contribution >= 4 is 15.7 Å². The first kappa shape index (κ1) is 19.9. The van der Waals surface area contributed by atoms with Crippen molar-refractivity contribution in [3.8, 4) is 11.1 Å². The fourth-order valence-electron chi connectivity index (χ4n) is 2.72. The Kier molecular flexibility index (Phi) is 5.71. The zero-order valence-corrected chi connectivity index (χ0v) is 16.6. The van der Waals surface area contributed by atoms with Crippen molar-refractivity contribution in [2.75, 3.05) is 19.8 Å². The van der Waals surface area contributed by atoms with Crippen LogP contribution in [0, 0.1) is 6.92 Å². The van der Waals surface area contributed by atoms with Crippen molar-refractivity contribution < 1.29 is 13.2 Å². The Morgan fingerprint density at radius 2 is 1.81 bits per heavy atom. The van der Waals surface area contributed by atoms with Crippen molar-refractivity contribution in [2.45, 2.75) is 19.6 Å². The predicted molar refractivity (Wildman–Crippen MR) is 103 cm³/mol. The largest absolute Gasteiger partial charge is 0.345 e. The average molecular weight is 376 g/mol. The smallest absolute Gasteiger partial charge is 0.253 e. The summed E-state index contributed by atoms with van der Waals surface area (Å²) in [5.74, 6) is -0.433. The molecule has 0 aliphatic heterocycles. The van der Waals surface area contributed by atoms with Gasteiger partial charge < -0.3 is 9.47 Å². The van der Waals surface area contributed by atoms with Crippen LogP contribution in [0.25, 0.3) is 11.1 Å². The molecule has 0 bridgehead atoms. The van der Waals surface area contributed by atoms with Crippen LogP contribution >= 0.6 is 0 Å². The minimum absolute atomic E-state index is 0.00572. The lowest BCUT2D eigenvalue weighted by molar-refractivity contribution is 0.0827. The number of aryl methyl sites for hydroxylation is 2. The molecule has 7 heteroatoms. The maximum atomic E-state index is 12.4. The quantitative estimate of drug-likeness (QED) is 0.800. The molecule has 1 aromatic carbocycles. The first-order valence-corrected chi connectivity index (χ1v) is 10.1. The van der Waals surface area contributed by atoms with Gasteiger partial charge in [0.25, 0.3) is 11.5 Å². The van der Waals surface area contributed by atoms with E-state index in [0.29, 0.717) is 16.7 Å². The molecule has 0 N–H and O–H groups in total. The summed E-state index contributed by atoms with van der Waals surface area (Å²) in [6, 6.07) is 6.92. The highest BCUT2D eigenvalue weighted by Crippen LogP contribution is 2.25. The number of hydrogen-bond acceptors (Lipinski definition) is 4. The average Bonchev–Trinajstić information content (AvgIpc) is 2.58. The minimum atomic E-state index is -3.30. The van der Waals surface area contributed by atoms with Gasteiger partial charge in [0.05, 0.1) is 5.75 Å². The third-order valence-corrected chi connectivity index (χ3v) is 5.88. The van der Waals surface area contributed by atoms with Gasteiger partial charge in [-0.2, -0.15) is 0 Å². The van der Waals surface area contributed by atoms with Crippen molar-refractivity contribution in [2.24, 2.45) is 7.05 Å². The zero-order valence-electron chi connectivity index (χ0n) is 15.7. The standard InChI is InChI=1S/C19H24N2O4S/c1-6-26(24,25)12-16-10-14(7-8-17(16)19(23)20(3)4)15-9-13(2)18(22)21(5)11-15/h7-11H,6,12H2,1-5H3. The molecule has 2 aromatic rings. The van der Waals surface area contributed by atoms with Crippen LogP contribution in [0.4, 0.5) is 0 Å². The molecule has 0 spiro atoms. The summed E-state index contributed by atoms with van der Waals surface area (Å²) in [7, 11) is 1.63. The van der Waals surface area contributed by atoms with Crippen molar-refractivity contribution in [1.29, 1.82) is 0 Å². The Hall–Kier alpha value is -2.41. The van der Waals surface area contributed by atoms with Gasteiger partial charge in [-0.05, 0) is 41.8 Å². The molecule has 0 unspecified atom stereocenters. The number of aromatic nitrogens is 1. The van der Waals surface area contributed by atoms with Gasteiger partial charge in [-0.1, -0.05) is 13.0 Å². The van der Waals surface area contributed by atoms with Crippen LogP contribution in [0.2, 0.25) is 0 Å². The molecule has 1 heterocycles. The number of amides is 1. The van der Waals surface area contributed by atoms with Gasteiger partial charge in [0, 0.05) is 44.2 Å². The lowest BCUT2D eigenvalue weighted by Gasteiger charge is -2.16. The van der Waals surface area contributed by atoms with Gasteiger partial charge in [-0.15, -0.1) is 0 Å². The highest BCUT2D eigenvalue weighted by molar-refractivity contribution is 7.90. The maximum Gasteiger partial charge on any atom is 0.253 e. The Bertz CT molecular complexity index is 978. The van der Waals surface area contributed by atoms with Crippen LogP contribution in [0.1, 0.15) is 28.4 Å². The highest BCUT2D eigenvalue weighted by atomic mass is 32.2. The number of nitrogens with zero attached hydrogens (tertiary/aromatic N) is 2. The lowest BCUT2D eigenvalue weighted by Crippen LogP contribution is -2.24. The molecular formula is C19H24N2O4S. The monoisotopic (exact) mass is 376 g/mol. The van der Waals surface area contributed by atoms with Crippen LogP contribution in [0.15, 0.2) is 35.3 Å². The molecule has 0 aliphatic carbocycles. The van der Waals surface area contributed by atoms with E-state index in [1.54, 1.807) is 65.5 Å². The number of hydrogen-bond donors (Lipinski definition) is 0. The van der Waals surface area contributed by atoms with Gasteiger partial charge in [-0.25, -0.2) is 8.42 Å². The second kappa shape index (κ2) is 7.45. The third-order valence-electron chi connectivity index (χ3n) is 4.25. The fraction of sp³-hybridized carbons (Fsp3) is 0.368. The number of benzene rings is 1. The number of rotatable bonds is 5. The topological polar surface area (TPSA) is 76.5 Å². The molecule has 2 rings (SSSR count). The normalized spacial score (nSPS) is 11.4. The second-order valence-electron chi connectivity index (χ2n) is 6.58. The van der Waals surface area contributed by atoms with E-state index in [1.165, 1.54) is 9.47 Å². The van der Waals surface area contributed by atoms with Crippen molar-refractivity contribution in [3.63, 3.8) is 0 Å². The van der Waals surface area contributed by atoms with E-state index >= 15 is 0 Å². The van der Waals surface area contributed by atoms with E-state index in [4.69, 9.17) is 0 Å². The fourth-order valence-corrected chi connectivity index (χ4v) is 3.63. The Labute approximate surface area is 154 Å². The maximum absolute atomic E-state index is 12.4. The molecule has 0 saturated carbocycles. The van der Waals surface area contributed by atoms with Crippen molar-refractivity contribution in [1.82, 2.24) is 9.47 Å². The van der Waals surface area contributed by atoms with E-state index in [9.17, 15) is 18.0 Å². The Morgan fingerprint density at radius 1 is 1.15 bits per heavy atom. The van der Waals surface area contributed by atoms with E-state index in [1.807, 2.05) is 0 Å². The zero-order chi connectivity index (χ0) is 19.6. The van der Waals surface area contributed by atoms with E-state index in [0.717, 1.165) is 11.1 Å². The third kappa shape index (κ3) is 4.22. The molecule has 0 radical (unpaired) electrons. The molecule has 6 nitrogen and oxygen atoms in total. The minimum Gasteiger partial charge on any atom is -0.345 e. The summed E-state index contributed by atoms with van der Waals surface area (Å²) >= 11 is 0. The number of carbonyl (C=O) groups excluding carboxylic acids is 1. The first-order valence-electron chi connectivity index (χ1n) is 8.28. The van der Waals surface area contributed by atoms with Crippen LogP contribution in [-0.4, -0.2) is 43.6 Å². The summed E-state index contributed by atoms with van der Waals surface area (Å²) in [6.45, 7) is 3.32. The molecule has 0 fully saturated rings. The molecule has 26 heavy (non-hydrogen) atoms. The summed E-state index contributed by atoms with van der Waals surface area (Å²) in [6.07, 6.45) is 1.70. The van der Waals surface area contributed by atoms with E-state index in [2.05, 4.69) is 0 Å². The first-order chi connectivity index (χ1) is 12.1. The van der Waals surface area contributed by atoms with Crippen molar-refractivity contribution in [3.05, 3.63) is 57.5 Å². The molecule has 1 amide bonds. The summed E-state index contributed by atoms with van der Waals surface area (Å²) in [5, 5.41) is 0. The van der Waals surface area contributed by atoms with Gasteiger partial charge in [0.2, 0.25) is 0 Å². The van der Waals surface area contributed by atoms with Crippen LogP contribution in [0.5, 0.6) is 0 Å². The highest BCUT2D eigenvalue weighted by Gasteiger charge is 2.19. The van der Waals surface area contributed by atoms with Gasteiger partial charge in [0.15, 0.2) is 9.84 Å². The molecule has 0 aliphatic rings. The molecular weight excluding hydrogens is 352 g/mol. The summed E-state index contributed by atoms with van der Waals surface area (Å²) < 4.78 is 25.8.